The van der Waals surface area contributed by atoms with Crippen molar-refractivity contribution < 1.29 is 0 Å². The summed E-state index contributed by atoms with van der Waals surface area (Å²) < 4.78 is 0. The van der Waals surface area contributed by atoms with Gasteiger partial charge in [-0.15, -0.1) is 0 Å². The number of hydrogen-bond donors (Lipinski definition) is 0. The van der Waals surface area contributed by atoms with E-state index in [4.69, 9.17) is 11.6 Å². The zero-order chi connectivity index (χ0) is 8.85. The third-order valence-electron chi connectivity index (χ3n) is 1.47. The molecule has 0 atom stereocenters. The van der Waals surface area contributed by atoms with E-state index in [1.165, 1.54) is 0 Å². The van der Waals surface area contributed by atoms with Crippen LogP contribution in [0.4, 0.5) is 0 Å². The highest BCUT2D eigenvalue weighted by molar-refractivity contribution is 6.31. The van der Waals surface area contributed by atoms with E-state index in [-0.39, 0.29) is 0 Å². The van der Waals surface area contributed by atoms with Crippen LogP contribution in [0.2, 0.25) is 0 Å². The van der Waals surface area contributed by atoms with Crippen LogP contribution in [-0.4, -0.2) is 0 Å². The molecule has 0 nitrogen and oxygen atoms in total. The minimum absolute atomic E-state index is 0.493. The molecule has 0 aliphatic carbocycles. The van der Waals surface area contributed by atoms with Crippen LogP contribution in [0.15, 0.2) is 35.4 Å². The van der Waals surface area contributed by atoms with Crippen LogP contribution in [0.5, 0.6) is 0 Å². The summed E-state index contributed by atoms with van der Waals surface area (Å²) in [6.07, 6.45) is 5.67. The molecular weight excluding hydrogens is 156 g/mol. The van der Waals surface area contributed by atoms with Crippen LogP contribution in [0.3, 0.4) is 0 Å². The Kier molecular flexibility index (Phi) is 4.97. The molecule has 0 bridgehead atoms. The second-order valence-electron chi connectivity index (χ2n) is 2.74. The number of hydrogen-bond acceptors (Lipinski definition) is 0. The Bertz CT molecular complexity index is 185. The highest BCUT2D eigenvalue weighted by Crippen LogP contribution is 2.10. The molecule has 0 heterocycles. The smallest absolute Gasteiger partial charge is 0.0363 e. The van der Waals surface area contributed by atoms with Gasteiger partial charge in [0.05, 0.1) is 0 Å². The van der Waals surface area contributed by atoms with E-state index in [0.717, 1.165) is 10.6 Å². The van der Waals surface area contributed by atoms with Crippen LogP contribution < -0.4 is 0 Å². The van der Waals surface area contributed by atoms with Crippen LogP contribution in [0.25, 0.3) is 0 Å². The predicted molar refractivity (Wildman–Crippen MR) is 52.7 cm³/mol. The zero-order valence-electron chi connectivity index (χ0n) is 7.39. The Hall–Kier alpha value is -0.490. The van der Waals surface area contributed by atoms with E-state index in [1.54, 1.807) is 0 Å². The summed E-state index contributed by atoms with van der Waals surface area (Å²) in [5.74, 6) is 0.493. The molecule has 0 aromatic heterocycles. The van der Waals surface area contributed by atoms with Gasteiger partial charge in [0.1, 0.15) is 0 Å². The first-order valence-electron chi connectivity index (χ1n) is 3.76. The maximum atomic E-state index is 5.75. The van der Waals surface area contributed by atoms with Crippen molar-refractivity contribution >= 4 is 11.6 Å². The van der Waals surface area contributed by atoms with Crippen molar-refractivity contribution in [3.8, 4) is 0 Å². The SMILES string of the molecule is C=C(/C=C\C(Cl)=C/C)C(C)C. The number of halogens is 1. The molecule has 0 saturated carbocycles. The van der Waals surface area contributed by atoms with Crippen LogP contribution in [0, 0.1) is 5.92 Å². The first-order valence-corrected chi connectivity index (χ1v) is 4.14. The Morgan fingerprint density at radius 3 is 2.27 bits per heavy atom. The maximum Gasteiger partial charge on any atom is 0.0363 e. The molecule has 0 aliphatic rings. The van der Waals surface area contributed by atoms with Gasteiger partial charge in [0.2, 0.25) is 0 Å². The summed E-state index contributed by atoms with van der Waals surface area (Å²) >= 11 is 5.75. The van der Waals surface area contributed by atoms with Gasteiger partial charge in [-0.25, -0.2) is 0 Å². The first-order chi connectivity index (χ1) is 5.07. The van der Waals surface area contributed by atoms with E-state index in [1.807, 2.05) is 25.2 Å². The summed E-state index contributed by atoms with van der Waals surface area (Å²) in [6.45, 7) is 10.0. The van der Waals surface area contributed by atoms with Gasteiger partial charge >= 0.3 is 0 Å². The quantitative estimate of drug-likeness (QED) is 0.564. The van der Waals surface area contributed by atoms with Crippen molar-refractivity contribution in [1.29, 1.82) is 0 Å². The third-order valence-corrected chi connectivity index (χ3v) is 1.82. The van der Waals surface area contributed by atoms with Gasteiger partial charge in [-0.05, 0) is 18.9 Å². The lowest BCUT2D eigenvalue weighted by Gasteiger charge is -2.01. The number of rotatable bonds is 3. The molecule has 0 fully saturated rings. The van der Waals surface area contributed by atoms with Gasteiger partial charge in [-0.2, -0.15) is 0 Å². The molecule has 62 valence electrons. The zero-order valence-corrected chi connectivity index (χ0v) is 8.15. The van der Waals surface area contributed by atoms with E-state index < -0.39 is 0 Å². The molecule has 0 radical (unpaired) electrons. The van der Waals surface area contributed by atoms with Gasteiger partial charge in [0.25, 0.3) is 0 Å². The summed E-state index contributed by atoms with van der Waals surface area (Å²) in [4.78, 5) is 0. The van der Waals surface area contributed by atoms with Gasteiger partial charge in [0, 0.05) is 5.03 Å². The average Bonchev–Trinajstić information content (AvgIpc) is 1.99. The lowest BCUT2D eigenvalue weighted by Crippen LogP contribution is -1.86. The summed E-state index contributed by atoms with van der Waals surface area (Å²) in [5.41, 5.74) is 1.10. The molecule has 0 unspecified atom stereocenters. The van der Waals surface area contributed by atoms with Crippen molar-refractivity contribution in [1.82, 2.24) is 0 Å². The highest BCUT2D eigenvalue weighted by Gasteiger charge is 1.93. The Morgan fingerprint density at radius 1 is 1.36 bits per heavy atom. The molecule has 11 heavy (non-hydrogen) atoms. The van der Waals surface area contributed by atoms with Crippen molar-refractivity contribution in [3.05, 3.63) is 35.4 Å². The normalized spacial score (nSPS) is 13.0. The Balaban J connectivity index is 4.04. The van der Waals surface area contributed by atoms with Gasteiger partial charge in [-0.3, -0.25) is 0 Å². The average molecular weight is 171 g/mol. The van der Waals surface area contributed by atoms with E-state index in [9.17, 15) is 0 Å². The lowest BCUT2D eigenvalue weighted by atomic mass is 10.1. The fourth-order valence-corrected chi connectivity index (χ4v) is 0.538. The van der Waals surface area contributed by atoms with Crippen molar-refractivity contribution in [3.63, 3.8) is 0 Å². The minimum atomic E-state index is 0.493. The second-order valence-corrected chi connectivity index (χ2v) is 3.17. The van der Waals surface area contributed by atoms with Crippen LogP contribution in [0.1, 0.15) is 20.8 Å². The standard InChI is InChI=1S/C10H15Cl/c1-5-10(11)7-6-9(4)8(2)3/h5-8H,4H2,1-3H3/b7-6-,10-5+. The van der Waals surface area contributed by atoms with E-state index in [0.29, 0.717) is 5.92 Å². The predicted octanol–water partition coefficient (Wildman–Crippen LogP) is 3.90. The molecule has 1 heteroatoms. The maximum absolute atomic E-state index is 5.75. The van der Waals surface area contributed by atoms with E-state index >= 15 is 0 Å². The molecule has 0 saturated heterocycles. The monoisotopic (exact) mass is 170 g/mol. The highest BCUT2D eigenvalue weighted by atomic mass is 35.5. The Labute approximate surface area is 74.3 Å². The number of allylic oxidation sites excluding steroid dienone is 5. The molecule has 0 N–H and O–H groups in total. The van der Waals surface area contributed by atoms with Crippen LogP contribution >= 0.6 is 11.6 Å². The minimum Gasteiger partial charge on any atom is -0.0956 e. The topological polar surface area (TPSA) is 0 Å². The fraction of sp³-hybridized carbons (Fsp3) is 0.400. The largest absolute Gasteiger partial charge is 0.0956 e. The van der Waals surface area contributed by atoms with Gasteiger partial charge < -0.3 is 0 Å². The Morgan fingerprint density at radius 2 is 1.91 bits per heavy atom. The lowest BCUT2D eigenvalue weighted by molar-refractivity contribution is 0.795. The fourth-order valence-electron chi connectivity index (χ4n) is 0.475. The molecular formula is C10H15Cl. The molecule has 0 amide bonds. The third kappa shape index (κ3) is 4.86. The first kappa shape index (κ1) is 10.5. The second kappa shape index (κ2) is 5.20. The summed E-state index contributed by atoms with van der Waals surface area (Å²) in [7, 11) is 0. The molecule has 0 spiro atoms. The molecule has 0 aromatic carbocycles. The van der Waals surface area contributed by atoms with Gasteiger partial charge in [0.15, 0.2) is 0 Å². The van der Waals surface area contributed by atoms with Gasteiger partial charge in [-0.1, -0.05) is 49.8 Å². The summed E-state index contributed by atoms with van der Waals surface area (Å²) in [6, 6.07) is 0. The molecule has 0 rings (SSSR count). The van der Waals surface area contributed by atoms with Crippen molar-refractivity contribution in [2.24, 2.45) is 5.92 Å². The molecule has 0 aromatic rings. The molecule has 0 aliphatic heterocycles. The van der Waals surface area contributed by atoms with E-state index in [2.05, 4.69) is 20.4 Å². The van der Waals surface area contributed by atoms with Crippen LogP contribution in [-0.2, 0) is 0 Å². The van der Waals surface area contributed by atoms with Crippen molar-refractivity contribution in [2.45, 2.75) is 20.8 Å². The summed E-state index contributed by atoms with van der Waals surface area (Å²) in [5, 5.41) is 0.756. The van der Waals surface area contributed by atoms with Crippen molar-refractivity contribution in [2.75, 3.05) is 0 Å².